The predicted molar refractivity (Wildman–Crippen MR) is 353 cm³/mol. The van der Waals surface area contributed by atoms with Crippen molar-refractivity contribution in [2.45, 2.75) is 195 Å². The molecule has 0 bridgehead atoms. The fraction of sp³-hybridized carbons (Fsp3) is 0.708. The molecule has 3 saturated heterocycles. The van der Waals surface area contributed by atoms with Gasteiger partial charge in [0.15, 0.2) is 34.5 Å². The van der Waals surface area contributed by atoms with Crippen molar-refractivity contribution in [3.63, 3.8) is 0 Å². The Morgan fingerprint density at radius 3 is 0.967 bits per heavy atom. The quantitative estimate of drug-likeness (QED) is 0.0666. The zero-order chi connectivity index (χ0) is 103. The van der Waals surface area contributed by atoms with Crippen LogP contribution in [0.15, 0.2) is 36.3 Å². The molecule has 3 fully saturated rings. The minimum atomic E-state index is -3.20. The number of methoxy groups -OCH3 is 6. The summed E-state index contributed by atoms with van der Waals surface area (Å²) in [6, 6.07) is -11.5. The summed E-state index contributed by atoms with van der Waals surface area (Å²) in [4.78, 5) is 41.9. The Balaban J connectivity index is 0.000000271. The van der Waals surface area contributed by atoms with Crippen molar-refractivity contribution < 1.29 is 115 Å². The highest BCUT2D eigenvalue weighted by Gasteiger charge is 2.45. The first-order chi connectivity index (χ1) is 59.1. The molecule has 18 heteroatoms. The van der Waals surface area contributed by atoms with Crippen LogP contribution >= 0.6 is 0 Å². The van der Waals surface area contributed by atoms with Gasteiger partial charge >= 0.3 is 17.9 Å². The third-order valence-electron chi connectivity index (χ3n) is 15.9. The topological polar surface area (TPSA) is 222 Å². The average molecular weight is 1300 g/mol. The van der Waals surface area contributed by atoms with E-state index in [4.69, 9.17) is 117 Å². The summed E-state index contributed by atoms with van der Waals surface area (Å²) in [6.07, 6.45) is -24.2. The number of carbonyl (C=O) groups excluding carboxylic acids is 3. The van der Waals surface area contributed by atoms with E-state index in [1.54, 1.807) is 41.5 Å². The number of hydrogen-bond acceptors (Lipinski definition) is 18. The van der Waals surface area contributed by atoms with Gasteiger partial charge in [0.2, 0.25) is 0 Å². The first kappa shape index (κ1) is 33.6. The summed E-state index contributed by atoms with van der Waals surface area (Å²) >= 11 is 0. The molecular formula is C72H114N6O12. The van der Waals surface area contributed by atoms with Crippen molar-refractivity contribution in [3.05, 3.63) is 69.6 Å². The minimum Gasteiger partial charge on any atom is -0.493 e. The van der Waals surface area contributed by atoms with Gasteiger partial charge in [-0.15, -0.1) is 0 Å². The molecule has 18 nitrogen and oxygen atoms in total. The summed E-state index contributed by atoms with van der Waals surface area (Å²) in [5.74, 6) is -20.8. The largest absolute Gasteiger partial charge is 0.493 e. The van der Waals surface area contributed by atoms with Crippen LogP contribution in [0, 0.1) is 53.2 Å². The van der Waals surface area contributed by atoms with E-state index in [2.05, 4.69) is 0 Å². The maximum Gasteiger partial charge on any atom is 0.323 e. The van der Waals surface area contributed by atoms with Gasteiger partial charge in [-0.25, -0.2) is 0 Å². The SMILES string of the molecule is [2H]c1c(OC)c(OC([2H])([2H])[2H])c([2H])c2c1C1CC(OC(=O)[C@@H](N)C(C)C)C(C([2H])([2H])C([2H])(C)C([2H])([2H])[2H])CN1C([2H])([2H])C2([2H])[2H].[2H]c1c(OC)c(OC([2H])([2H])[2H])c([2H])c2c1C1CC(OC(=O)[C@@H](N)C(C)C)C(C([2H])([2H])C([2H])(C)C([2H])([2H])[2H])CN1C([2H])([2H])C2([2H])[2H].[2H]c1c(OC)c(OC)c([2H])c2c1C1CC(OC(=O)[C@@H](N)C(C)C)C(C([2H])([2H])C([2H])(C)C([2H])([2H])[2H])CN1C([2H])([2H])C2([2H])[2H]. The van der Waals surface area contributed by atoms with Crippen molar-refractivity contribution in [1.82, 2.24) is 14.7 Å². The van der Waals surface area contributed by atoms with Crippen LogP contribution in [0.25, 0.3) is 0 Å². The van der Waals surface area contributed by atoms with E-state index in [1.807, 2.05) is 0 Å². The predicted octanol–water partition coefficient (Wildman–Crippen LogP) is 10.7. The van der Waals surface area contributed by atoms with Gasteiger partial charge in [0, 0.05) is 135 Å². The lowest BCUT2D eigenvalue weighted by Gasteiger charge is -2.47. The highest BCUT2D eigenvalue weighted by molar-refractivity contribution is 5.77. The van der Waals surface area contributed by atoms with Crippen LogP contribution in [0.1, 0.15) is 230 Å². The molecule has 0 saturated carbocycles. The summed E-state index contributed by atoms with van der Waals surface area (Å²) in [5.41, 5.74) is 15.3. The van der Waals surface area contributed by atoms with Crippen LogP contribution in [-0.4, -0.2) is 151 Å². The van der Waals surface area contributed by atoms with Gasteiger partial charge in [-0.1, -0.05) is 82.9 Å². The van der Waals surface area contributed by atoms with E-state index >= 15 is 0 Å². The highest BCUT2D eigenvalue weighted by atomic mass is 16.6. The molecule has 6 aliphatic heterocycles. The fourth-order valence-corrected chi connectivity index (χ4v) is 10.8. The molecule has 12 unspecified atom stereocenters. The second kappa shape index (κ2) is 32.5. The van der Waals surface area contributed by atoms with Crippen LogP contribution in [0.3, 0.4) is 0 Å². The monoisotopic (exact) mass is 1300 g/mol. The summed E-state index contributed by atoms with van der Waals surface area (Å²) < 4.78 is 401. The zero-order valence-electron chi connectivity index (χ0n) is 94.9. The van der Waals surface area contributed by atoms with Crippen LogP contribution in [0.5, 0.6) is 34.5 Å². The molecule has 3 aromatic carbocycles. The Morgan fingerprint density at radius 2 is 0.733 bits per heavy atom. The number of piperidine rings is 3. The third kappa shape index (κ3) is 17.5. The minimum absolute atomic E-state index is 0.129. The maximum atomic E-state index is 13.1. The third-order valence-corrected chi connectivity index (χ3v) is 15.9. The second-order valence-corrected chi connectivity index (χ2v) is 23.4. The smallest absolute Gasteiger partial charge is 0.323 e. The van der Waals surface area contributed by atoms with E-state index in [9.17, 15) is 14.4 Å². The summed E-state index contributed by atoms with van der Waals surface area (Å²) in [6.45, 7) is -8.49. The number of hydrogen-bond donors (Lipinski definition) is 3. The molecular weight excluding hydrogens is 1140 g/mol. The Hall–Kier alpha value is -5.37. The molecule has 0 radical (unpaired) electrons. The van der Waals surface area contributed by atoms with Gasteiger partial charge in [-0.2, -0.15) is 0 Å². The molecule has 6 N–H and O–H groups in total. The van der Waals surface area contributed by atoms with E-state index in [0.717, 1.165) is 49.7 Å². The van der Waals surface area contributed by atoms with Crippen molar-refractivity contribution in [2.24, 2.45) is 70.4 Å². The molecule has 3 aromatic rings. The first-order valence-electron chi connectivity index (χ1n) is 50.3. The van der Waals surface area contributed by atoms with Gasteiger partial charge in [0.05, 0.1) is 59.0 Å². The van der Waals surface area contributed by atoms with Gasteiger partial charge in [0.25, 0.3) is 0 Å². The van der Waals surface area contributed by atoms with Crippen LogP contribution in [-0.2, 0) is 47.7 Å². The fourth-order valence-electron chi connectivity index (χ4n) is 10.8. The summed E-state index contributed by atoms with van der Waals surface area (Å²) in [7, 11) is -1.76. The van der Waals surface area contributed by atoms with Crippen LogP contribution in [0.2, 0.25) is 0 Å². The van der Waals surface area contributed by atoms with Gasteiger partial charge in [-0.3, -0.25) is 29.1 Å². The average Bonchev–Trinajstić information content (AvgIpc) is 0.695. The van der Waals surface area contributed by atoms with Gasteiger partial charge in [0.1, 0.15) is 36.4 Å². The molecule has 90 heavy (non-hydrogen) atoms. The molecule has 0 amide bonds. The van der Waals surface area contributed by atoms with E-state index < -0.39 is 327 Å². The normalized spacial score (nSPS) is 38.2. The van der Waals surface area contributed by atoms with Crippen LogP contribution < -0.4 is 45.6 Å². The van der Waals surface area contributed by atoms with E-state index in [0.29, 0.717) is 0 Å². The number of nitrogens with two attached hydrogens (primary N) is 3. The zero-order valence-corrected chi connectivity index (χ0v) is 52.9. The highest BCUT2D eigenvalue weighted by Crippen LogP contribution is 2.48. The number of esters is 3. The lowest BCUT2D eigenvalue weighted by Crippen LogP contribution is -2.51. The number of carbonyl (C=O) groups is 3. The van der Waals surface area contributed by atoms with Crippen molar-refractivity contribution in [3.8, 4) is 34.5 Å². The molecule has 6 heterocycles. The lowest BCUT2D eigenvalue weighted by molar-refractivity contribution is -0.161. The van der Waals surface area contributed by atoms with Crippen molar-refractivity contribution in [2.75, 3.05) is 81.6 Å². The molecule has 6 aliphatic rings. The molecule has 0 aliphatic carbocycles. The Labute approximate surface area is 598 Å². The second-order valence-electron chi connectivity index (χ2n) is 23.4. The molecule has 9 rings (SSSR count). The number of ether oxygens (including phenoxy) is 9. The number of rotatable bonds is 21. The number of benzene rings is 3. The van der Waals surface area contributed by atoms with E-state index in [-0.39, 0.29) is 34.1 Å². The number of nitrogens with zero attached hydrogens (tertiary/aromatic N) is 3. The Morgan fingerprint density at radius 1 is 0.478 bits per heavy atom. The van der Waals surface area contributed by atoms with Crippen LogP contribution in [0.4, 0.5) is 0 Å². The molecule has 0 spiro atoms. The van der Waals surface area contributed by atoms with Crippen molar-refractivity contribution in [1.29, 1.82) is 0 Å². The Kier molecular flexibility index (Phi) is 12.1. The van der Waals surface area contributed by atoms with Gasteiger partial charge < -0.3 is 59.8 Å². The molecule has 504 valence electrons. The Bertz CT molecular complexity index is 4570. The number of fused-ring (bicyclic) bond motifs is 9. The van der Waals surface area contributed by atoms with Crippen molar-refractivity contribution >= 4 is 17.9 Å². The molecule has 15 atom stereocenters. The maximum absolute atomic E-state index is 13.1. The van der Waals surface area contributed by atoms with Gasteiger partial charge in [-0.05, 0) is 143 Å². The first-order valence-corrected chi connectivity index (χ1v) is 29.3. The summed E-state index contributed by atoms with van der Waals surface area (Å²) in [5, 5.41) is 0. The standard InChI is InChI=1S/3C24H38N2O4/c3*1-14(2)9-17-13-26-8-7-16-10-21(28-5)22(29-6)11-18(16)19(26)12-20(17)30-24(27)23(25)15(3)4/h3*10-11,14-15,17,19-20,23H,7-9,12-13,25H2,1-6H3/t3*17?,19?,20?,23-/m000/s1/i2*1D3,5D3,7D2,8D2,9D2,10D,11D,14D;1D3,7D2,8D2,9D2,10D,11D,14D/t3*14?,17?,19?,20?,23-. The van der Waals surface area contributed by atoms with E-state index in [1.165, 1.54) is 14.2 Å². The lowest BCUT2D eigenvalue weighted by atomic mass is 9.79. The molecule has 0 aromatic heterocycles.